The van der Waals surface area contributed by atoms with Gasteiger partial charge in [-0.05, 0) is 42.7 Å². The van der Waals surface area contributed by atoms with Gasteiger partial charge in [-0.15, -0.1) is 0 Å². The number of hydrogen-bond acceptors (Lipinski definition) is 3. The summed E-state index contributed by atoms with van der Waals surface area (Å²) in [5.74, 6) is 0.505. The molecule has 2 rings (SSSR count). The first-order valence-corrected chi connectivity index (χ1v) is 8.38. The summed E-state index contributed by atoms with van der Waals surface area (Å²) in [7, 11) is 0. The Labute approximate surface area is 139 Å². The maximum atomic E-state index is 11.0. The largest absolute Gasteiger partial charge is 0.508 e. The molecular formula is C20H27NO2. The highest BCUT2D eigenvalue weighted by atomic mass is 16.3. The van der Waals surface area contributed by atoms with Crippen molar-refractivity contribution in [1.82, 2.24) is 4.98 Å². The molecule has 0 aliphatic carbocycles. The van der Waals surface area contributed by atoms with E-state index in [1.807, 2.05) is 19.1 Å². The fourth-order valence-corrected chi connectivity index (χ4v) is 2.15. The molecule has 0 bridgehead atoms. The van der Waals surface area contributed by atoms with Crippen LogP contribution in [0.2, 0.25) is 0 Å². The molecule has 3 nitrogen and oxygen atoms in total. The SMILES string of the molecule is CCC(=O)c1cccnc1.CCCCCCc1ccc(O)cc1. The van der Waals surface area contributed by atoms with Crippen molar-refractivity contribution < 1.29 is 9.90 Å². The zero-order valence-electron chi connectivity index (χ0n) is 14.2. The highest BCUT2D eigenvalue weighted by molar-refractivity contribution is 5.95. The van der Waals surface area contributed by atoms with Gasteiger partial charge in [0.25, 0.3) is 0 Å². The van der Waals surface area contributed by atoms with Gasteiger partial charge in [-0.1, -0.05) is 45.2 Å². The number of aromatic hydroxyl groups is 1. The number of unbranched alkanes of at least 4 members (excludes halogenated alkanes) is 3. The van der Waals surface area contributed by atoms with Crippen molar-refractivity contribution in [3.63, 3.8) is 0 Å². The van der Waals surface area contributed by atoms with E-state index in [1.54, 1.807) is 36.7 Å². The Balaban J connectivity index is 0.000000238. The quantitative estimate of drug-likeness (QED) is 0.565. The lowest BCUT2D eigenvalue weighted by atomic mass is 10.1. The second-order valence-electron chi connectivity index (χ2n) is 5.50. The molecule has 23 heavy (non-hydrogen) atoms. The molecule has 2 aromatic rings. The highest BCUT2D eigenvalue weighted by Crippen LogP contribution is 2.12. The predicted octanol–water partition coefficient (Wildman–Crippen LogP) is 5.19. The molecule has 3 heteroatoms. The third kappa shape index (κ3) is 8.15. The third-order valence-electron chi connectivity index (χ3n) is 3.56. The number of carbonyl (C=O) groups is 1. The van der Waals surface area contributed by atoms with E-state index in [-0.39, 0.29) is 5.78 Å². The Hall–Kier alpha value is -2.16. The lowest BCUT2D eigenvalue weighted by molar-refractivity contribution is 0.0988. The molecule has 0 aliphatic rings. The van der Waals surface area contributed by atoms with Crippen LogP contribution in [0.5, 0.6) is 5.75 Å². The zero-order chi connectivity index (χ0) is 16.9. The van der Waals surface area contributed by atoms with Crippen molar-refractivity contribution in [3.8, 4) is 5.75 Å². The molecule has 0 saturated carbocycles. The number of hydrogen-bond donors (Lipinski definition) is 1. The number of ketones is 1. The summed E-state index contributed by atoms with van der Waals surface area (Å²) in [6, 6.07) is 11.1. The van der Waals surface area contributed by atoms with Gasteiger partial charge >= 0.3 is 0 Å². The fraction of sp³-hybridized carbons (Fsp3) is 0.400. The number of rotatable bonds is 7. The minimum Gasteiger partial charge on any atom is -0.508 e. The van der Waals surface area contributed by atoms with Gasteiger partial charge in [0.1, 0.15) is 5.75 Å². The molecular weight excluding hydrogens is 286 g/mol. The average Bonchev–Trinajstić information content (AvgIpc) is 2.61. The number of phenolic OH excluding ortho intramolecular Hbond substituents is 1. The van der Waals surface area contributed by atoms with Crippen LogP contribution in [0.3, 0.4) is 0 Å². The van der Waals surface area contributed by atoms with Crippen LogP contribution in [0, 0.1) is 0 Å². The smallest absolute Gasteiger partial charge is 0.164 e. The maximum absolute atomic E-state index is 11.0. The minimum atomic E-state index is 0.146. The maximum Gasteiger partial charge on any atom is 0.164 e. The van der Waals surface area contributed by atoms with E-state index in [1.165, 1.54) is 31.2 Å². The van der Waals surface area contributed by atoms with E-state index < -0.39 is 0 Å². The minimum absolute atomic E-state index is 0.146. The summed E-state index contributed by atoms with van der Waals surface area (Å²) in [4.78, 5) is 14.8. The normalized spacial score (nSPS) is 9.83. The second-order valence-corrected chi connectivity index (χ2v) is 5.50. The molecule has 0 radical (unpaired) electrons. The van der Waals surface area contributed by atoms with Crippen LogP contribution < -0.4 is 0 Å². The van der Waals surface area contributed by atoms with E-state index in [9.17, 15) is 4.79 Å². The van der Waals surface area contributed by atoms with Crippen LogP contribution in [-0.2, 0) is 6.42 Å². The van der Waals surface area contributed by atoms with E-state index in [2.05, 4.69) is 11.9 Å². The highest BCUT2D eigenvalue weighted by Gasteiger charge is 1.99. The summed E-state index contributed by atoms with van der Waals surface area (Å²) >= 11 is 0. The van der Waals surface area contributed by atoms with Gasteiger partial charge in [-0.2, -0.15) is 0 Å². The molecule has 0 unspecified atom stereocenters. The molecule has 0 aliphatic heterocycles. The lowest BCUT2D eigenvalue weighted by Crippen LogP contribution is -1.95. The molecule has 0 saturated heterocycles. The Kier molecular flexibility index (Phi) is 9.37. The number of benzene rings is 1. The van der Waals surface area contributed by atoms with Crippen LogP contribution in [0.4, 0.5) is 0 Å². The Morgan fingerprint density at radius 1 is 1.04 bits per heavy atom. The van der Waals surface area contributed by atoms with Crippen LogP contribution in [0.15, 0.2) is 48.8 Å². The first kappa shape index (κ1) is 18.9. The zero-order valence-corrected chi connectivity index (χ0v) is 14.2. The number of Topliss-reactive ketones (excluding diaryl/α,β-unsaturated/α-hetero) is 1. The average molecular weight is 313 g/mol. The van der Waals surface area contributed by atoms with Gasteiger partial charge in [-0.3, -0.25) is 9.78 Å². The van der Waals surface area contributed by atoms with Crippen molar-refractivity contribution in [2.24, 2.45) is 0 Å². The van der Waals surface area contributed by atoms with Gasteiger partial charge in [0, 0.05) is 24.4 Å². The number of aromatic nitrogens is 1. The van der Waals surface area contributed by atoms with Crippen molar-refractivity contribution in [2.45, 2.75) is 52.4 Å². The molecule has 0 atom stereocenters. The molecule has 1 aromatic heterocycles. The van der Waals surface area contributed by atoms with Crippen molar-refractivity contribution in [3.05, 3.63) is 59.9 Å². The summed E-state index contributed by atoms with van der Waals surface area (Å²) in [6.07, 6.45) is 10.1. The Morgan fingerprint density at radius 3 is 2.35 bits per heavy atom. The van der Waals surface area contributed by atoms with Crippen LogP contribution in [0.1, 0.15) is 61.9 Å². The summed E-state index contributed by atoms with van der Waals surface area (Å²) < 4.78 is 0. The predicted molar refractivity (Wildman–Crippen MR) is 94.8 cm³/mol. The molecule has 0 spiro atoms. The number of phenols is 1. The topological polar surface area (TPSA) is 50.2 Å². The van der Waals surface area contributed by atoms with Crippen molar-refractivity contribution >= 4 is 5.78 Å². The van der Waals surface area contributed by atoms with Crippen molar-refractivity contribution in [2.75, 3.05) is 0 Å². The monoisotopic (exact) mass is 313 g/mol. The summed E-state index contributed by atoms with van der Waals surface area (Å²) in [5, 5.41) is 9.07. The van der Waals surface area contributed by atoms with Crippen LogP contribution in [0.25, 0.3) is 0 Å². The molecule has 1 N–H and O–H groups in total. The number of nitrogens with zero attached hydrogens (tertiary/aromatic N) is 1. The van der Waals surface area contributed by atoms with Gasteiger partial charge in [-0.25, -0.2) is 0 Å². The van der Waals surface area contributed by atoms with E-state index in [0.717, 1.165) is 6.42 Å². The third-order valence-corrected chi connectivity index (χ3v) is 3.56. The van der Waals surface area contributed by atoms with Gasteiger partial charge in [0.2, 0.25) is 0 Å². The summed E-state index contributed by atoms with van der Waals surface area (Å²) in [5.41, 5.74) is 2.03. The van der Waals surface area contributed by atoms with E-state index in [4.69, 9.17) is 5.11 Å². The van der Waals surface area contributed by atoms with Gasteiger partial charge in [0.15, 0.2) is 5.78 Å². The van der Waals surface area contributed by atoms with E-state index in [0.29, 0.717) is 17.7 Å². The first-order valence-electron chi connectivity index (χ1n) is 8.38. The number of aryl methyl sites for hydroxylation is 1. The van der Waals surface area contributed by atoms with Gasteiger partial charge in [0.05, 0.1) is 0 Å². The molecule has 1 aromatic carbocycles. The Bertz CT molecular complexity index is 550. The summed E-state index contributed by atoms with van der Waals surface area (Å²) in [6.45, 7) is 4.07. The molecule has 1 heterocycles. The number of pyridine rings is 1. The van der Waals surface area contributed by atoms with Gasteiger partial charge < -0.3 is 5.11 Å². The molecule has 124 valence electrons. The standard InChI is InChI=1S/C12H18O.C8H9NO/c1-2-3-4-5-6-11-7-9-12(13)10-8-11;1-2-8(10)7-4-3-5-9-6-7/h7-10,13H,2-6H2,1H3;3-6H,2H2,1H3. The van der Waals surface area contributed by atoms with E-state index >= 15 is 0 Å². The first-order chi connectivity index (χ1) is 11.2. The van der Waals surface area contributed by atoms with Crippen LogP contribution >= 0.6 is 0 Å². The number of carbonyl (C=O) groups excluding carboxylic acids is 1. The van der Waals surface area contributed by atoms with Crippen LogP contribution in [-0.4, -0.2) is 15.9 Å². The molecule has 0 amide bonds. The second kappa shape index (κ2) is 11.4. The Morgan fingerprint density at radius 2 is 1.78 bits per heavy atom. The lowest BCUT2D eigenvalue weighted by Gasteiger charge is -2.00. The van der Waals surface area contributed by atoms with Crippen molar-refractivity contribution in [1.29, 1.82) is 0 Å². The fourth-order valence-electron chi connectivity index (χ4n) is 2.15. The molecule has 0 fully saturated rings.